The van der Waals surface area contributed by atoms with Gasteiger partial charge in [-0.05, 0) is 102 Å². The number of benzene rings is 4. The molecule has 0 bridgehead atoms. The molecule has 0 spiro atoms. The first-order valence-corrected chi connectivity index (χ1v) is 18.4. The molecule has 234 valence electrons. The number of unbranched alkanes of at least 4 members (excludes halogenated alkanes) is 1. The molecule has 0 atom stereocenters. The lowest BCUT2D eigenvalue weighted by Crippen LogP contribution is -2.45. The molecule has 5 heteroatoms. The van der Waals surface area contributed by atoms with Gasteiger partial charge in [0, 0.05) is 0 Å². The minimum absolute atomic E-state index is 0.0863. The lowest BCUT2D eigenvalue weighted by Gasteiger charge is -2.41. The highest BCUT2D eigenvalue weighted by Gasteiger charge is 2.58. The van der Waals surface area contributed by atoms with Crippen molar-refractivity contribution in [2.45, 2.75) is 57.5 Å². The van der Waals surface area contributed by atoms with Gasteiger partial charge in [0.25, 0.3) is 0 Å². The Bertz CT molecular complexity index is 1590. The summed E-state index contributed by atoms with van der Waals surface area (Å²) in [5.74, 6) is 0. The van der Waals surface area contributed by atoms with Gasteiger partial charge in [0.1, 0.15) is 38.5 Å². The van der Waals surface area contributed by atoms with E-state index in [9.17, 15) is 13.0 Å². The molecule has 3 nitrogen and oxygen atoms in total. The largest absolute Gasteiger partial charge is 0.744 e. The number of rotatable bonds is 11. The first-order chi connectivity index (χ1) is 21.5. The lowest BCUT2D eigenvalue weighted by atomic mass is 10.0. The van der Waals surface area contributed by atoms with Crippen molar-refractivity contribution in [1.29, 1.82) is 0 Å². The van der Waals surface area contributed by atoms with Crippen LogP contribution in [0.5, 0.6) is 0 Å². The second-order valence-electron chi connectivity index (χ2n) is 11.3. The molecule has 0 aliphatic rings. The molecule has 0 aliphatic heterocycles. The number of hydrogen-bond acceptors (Lipinski definition) is 3. The topological polar surface area (TPSA) is 57.2 Å². The first kappa shape index (κ1) is 35.7. The molecule has 4 aromatic rings. The van der Waals surface area contributed by atoms with E-state index in [1.807, 2.05) is 6.92 Å². The van der Waals surface area contributed by atoms with Crippen molar-refractivity contribution in [2.24, 2.45) is 0 Å². The van der Waals surface area contributed by atoms with Crippen LogP contribution < -0.4 is 15.9 Å². The molecule has 0 N–H and O–H groups in total. The summed E-state index contributed by atoms with van der Waals surface area (Å²) in [7, 11) is -6.28. The zero-order chi connectivity index (χ0) is 32.8. The fraction of sp³-hybridized carbons (Fsp3) is 0.200. The predicted octanol–water partition coefficient (Wildman–Crippen LogP) is 9.07. The van der Waals surface area contributed by atoms with Crippen LogP contribution in [0.25, 0.3) is 0 Å². The maximum absolute atomic E-state index is 10.4. The minimum Gasteiger partial charge on any atom is -0.744 e. The van der Waals surface area contributed by atoms with Gasteiger partial charge in [-0.2, -0.15) is 0 Å². The van der Waals surface area contributed by atoms with E-state index in [0.29, 0.717) is 0 Å². The quantitative estimate of drug-likeness (QED) is 0.0543. The van der Waals surface area contributed by atoms with Crippen LogP contribution in [0.3, 0.4) is 0 Å². The van der Waals surface area contributed by atoms with Crippen LogP contribution in [0, 0.1) is 6.92 Å². The van der Waals surface area contributed by atoms with E-state index in [4.69, 9.17) is 0 Å². The van der Waals surface area contributed by atoms with Gasteiger partial charge in [0.2, 0.25) is 0 Å². The third-order valence-corrected chi connectivity index (χ3v) is 14.1. The molecule has 0 aromatic heterocycles. The molecular formula is C40H45O3PS. The SMILES string of the molecule is CC=CCCC=CC=CC=C(C)C(C)(C)[P+](c1ccccc1)(c1ccccc1)c1ccccc1.Cc1ccc(S(=O)(=O)[O-])cc1. The third-order valence-electron chi connectivity index (χ3n) is 7.98. The van der Waals surface area contributed by atoms with Crippen LogP contribution >= 0.6 is 7.26 Å². The van der Waals surface area contributed by atoms with Gasteiger partial charge in [-0.3, -0.25) is 0 Å². The second-order valence-corrected chi connectivity index (χ2v) is 16.7. The molecule has 0 aliphatic carbocycles. The second kappa shape index (κ2) is 17.0. The van der Waals surface area contributed by atoms with E-state index in [0.717, 1.165) is 18.4 Å². The highest BCUT2D eigenvalue weighted by molar-refractivity contribution is 7.97. The van der Waals surface area contributed by atoms with E-state index in [2.05, 4.69) is 161 Å². The van der Waals surface area contributed by atoms with Gasteiger partial charge in [-0.25, -0.2) is 8.42 Å². The Kier molecular flexibility index (Phi) is 13.5. The smallest absolute Gasteiger partial charge is 0.124 e. The van der Waals surface area contributed by atoms with Crippen LogP contribution in [-0.2, 0) is 10.1 Å². The molecular weight excluding hydrogens is 591 g/mol. The molecule has 0 saturated carbocycles. The van der Waals surface area contributed by atoms with Crippen LogP contribution in [0.2, 0.25) is 0 Å². The molecule has 0 saturated heterocycles. The number of hydrogen-bond donors (Lipinski definition) is 0. The van der Waals surface area contributed by atoms with E-state index < -0.39 is 17.4 Å². The van der Waals surface area contributed by atoms with Gasteiger partial charge in [0.15, 0.2) is 0 Å². The lowest BCUT2D eigenvalue weighted by molar-refractivity contribution is 0.463. The highest BCUT2D eigenvalue weighted by atomic mass is 32.2. The third kappa shape index (κ3) is 9.34. The first-order valence-electron chi connectivity index (χ1n) is 15.3. The Morgan fingerprint density at radius 2 is 1.13 bits per heavy atom. The fourth-order valence-corrected chi connectivity index (χ4v) is 11.1. The van der Waals surface area contributed by atoms with Crippen molar-refractivity contribution in [1.82, 2.24) is 0 Å². The van der Waals surface area contributed by atoms with Gasteiger partial charge >= 0.3 is 0 Å². The molecule has 45 heavy (non-hydrogen) atoms. The molecule has 0 amide bonds. The molecule has 0 fully saturated rings. The molecule has 0 radical (unpaired) electrons. The molecule has 4 aromatic carbocycles. The maximum Gasteiger partial charge on any atom is 0.124 e. The Morgan fingerprint density at radius 3 is 1.56 bits per heavy atom. The standard InChI is InChI=1S/C33H38P.C7H8O3S/c1-5-6-7-8-9-10-11-15-22-29(2)33(3,4)34(30-23-16-12-17-24-30,31-25-18-13-19-26-31)32-27-20-14-21-28-32;1-6-2-4-7(5-3-6)11(8,9)10/h5-6,9-28H,7-8H2,1-4H3;2-5H,1H3,(H,8,9,10)/q+1;/p-1. The monoisotopic (exact) mass is 636 g/mol. The van der Waals surface area contributed by atoms with Crippen LogP contribution in [0.4, 0.5) is 0 Å². The average molecular weight is 637 g/mol. The molecule has 0 heterocycles. The van der Waals surface area contributed by atoms with Gasteiger partial charge in [0.05, 0.1) is 4.90 Å². The van der Waals surface area contributed by atoms with Crippen LogP contribution in [0.1, 0.15) is 46.1 Å². The predicted molar refractivity (Wildman–Crippen MR) is 194 cm³/mol. The summed E-state index contributed by atoms with van der Waals surface area (Å²) in [4.78, 5) is -0.178. The van der Waals surface area contributed by atoms with Crippen LogP contribution in [-0.4, -0.2) is 18.1 Å². The summed E-state index contributed by atoms with van der Waals surface area (Å²) in [5.41, 5.74) is 2.31. The van der Waals surface area contributed by atoms with Crippen molar-refractivity contribution in [3.05, 3.63) is 169 Å². The summed E-state index contributed by atoms with van der Waals surface area (Å²) >= 11 is 0. The normalized spacial score (nSPS) is 12.9. The summed E-state index contributed by atoms with van der Waals surface area (Å²) < 4.78 is 31.2. The molecule has 4 rings (SSSR count). The van der Waals surface area contributed by atoms with E-state index in [1.54, 1.807) is 12.1 Å². The Morgan fingerprint density at radius 1 is 0.689 bits per heavy atom. The van der Waals surface area contributed by atoms with E-state index >= 15 is 0 Å². The zero-order valence-electron chi connectivity index (χ0n) is 27.0. The minimum atomic E-state index is -4.27. The Balaban J connectivity index is 0.000000423. The maximum atomic E-state index is 10.4. The zero-order valence-corrected chi connectivity index (χ0v) is 28.7. The van der Waals surface area contributed by atoms with E-state index in [1.165, 1.54) is 33.6 Å². The summed E-state index contributed by atoms with van der Waals surface area (Å²) in [6.07, 6.45) is 17.5. The summed E-state index contributed by atoms with van der Waals surface area (Å²) in [6, 6.07) is 39.2. The average Bonchev–Trinajstić information content (AvgIpc) is 3.04. The van der Waals surface area contributed by atoms with Gasteiger partial charge < -0.3 is 4.55 Å². The molecule has 0 unspecified atom stereocenters. The van der Waals surface area contributed by atoms with Gasteiger partial charge in [-0.15, -0.1) is 0 Å². The Hall–Kier alpha value is -3.82. The number of aryl methyl sites for hydroxylation is 1. The summed E-state index contributed by atoms with van der Waals surface area (Å²) in [5, 5.41) is 4.16. The Labute approximate surface area is 271 Å². The summed E-state index contributed by atoms with van der Waals surface area (Å²) in [6.45, 7) is 11.0. The van der Waals surface area contributed by atoms with Crippen molar-refractivity contribution in [2.75, 3.05) is 0 Å². The van der Waals surface area contributed by atoms with E-state index in [-0.39, 0.29) is 10.1 Å². The number of allylic oxidation sites excluding steroid dienone is 8. The van der Waals surface area contributed by atoms with Gasteiger partial charge in [-0.1, -0.05) is 115 Å². The van der Waals surface area contributed by atoms with Crippen molar-refractivity contribution in [3.63, 3.8) is 0 Å². The van der Waals surface area contributed by atoms with Crippen molar-refractivity contribution < 1.29 is 13.0 Å². The highest BCUT2D eigenvalue weighted by Crippen LogP contribution is 2.67. The van der Waals surface area contributed by atoms with Crippen LogP contribution in [0.15, 0.2) is 168 Å². The van der Waals surface area contributed by atoms with Crippen molar-refractivity contribution >= 4 is 33.3 Å². The fourth-order valence-electron chi connectivity index (χ4n) is 5.34. The van der Waals surface area contributed by atoms with Crippen molar-refractivity contribution in [3.8, 4) is 0 Å².